The highest BCUT2D eigenvalue weighted by molar-refractivity contribution is 7.89. The van der Waals surface area contributed by atoms with Crippen LogP contribution in [-0.4, -0.2) is 56.4 Å². The highest BCUT2D eigenvalue weighted by atomic mass is 35.5. The number of hydrogen-bond acceptors (Lipinski definition) is 4. The summed E-state index contributed by atoms with van der Waals surface area (Å²) in [6.07, 6.45) is 0. The monoisotopic (exact) mass is 426 g/mol. The van der Waals surface area contributed by atoms with Crippen molar-refractivity contribution in [1.82, 2.24) is 9.21 Å². The van der Waals surface area contributed by atoms with Crippen LogP contribution < -0.4 is 0 Å². The third kappa shape index (κ3) is 4.88. The van der Waals surface area contributed by atoms with Crippen LogP contribution in [0, 0.1) is 5.82 Å². The molecule has 1 aliphatic heterocycles. The fraction of sp³-hybridized carbons (Fsp3) is 0.316. The quantitative estimate of drug-likeness (QED) is 0.712. The van der Waals surface area contributed by atoms with E-state index in [9.17, 15) is 17.6 Å². The standard InChI is InChI=1S/C19H20ClFN2O4S/c20-16-5-7-17(8-6-16)28(25,26)23(13-15-3-1-2-4-18(15)21)14-19(24)22-9-11-27-12-10-22/h1-8H,9-14H2. The molecule has 0 saturated carbocycles. The summed E-state index contributed by atoms with van der Waals surface area (Å²) in [6.45, 7) is 0.958. The zero-order valence-corrected chi connectivity index (χ0v) is 16.6. The number of halogens is 2. The lowest BCUT2D eigenvalue weighted by Crippen LogP contribution is -2.46. The second-order valence-corrected chi connectivity index (χ2v) is 8.69. The molecule has 1 heterocycles. The minimum Gasteiger partial charge on any atom is -0.378 e. The van der Waals surface area contributed by atoms with Gasteiger partial charge >= 0.3 is 0 Å². The molecule has 150 valence electrons. The second-order valence-electron chi connectivity index (χ2n) is 6.31. The van der Waals surface area contributed by atoms with Crippen molar-refractivity contribution in [3.63, 3.8) is 0 Å². The molecule has 0 spiro atoms. The summed E-state index contributed by atoms with van der Waals surface area (Å²) >= 11 is 5.85. The summed E-state index contributed by atoms with van der Waals surface area (Å²) in [4.78, 5) is 14.2. The topological polar surface area (TPSA) is 66.9 Å². The molecule has 1 amide bonds. The van der Waals surface area contributed by atoms with Crippen molar-refractivity contribution >= 4 is 27.5 Å². The number of hydrogen-bond donors (Lipinski definition) is 0. The van der Waals surface area contributed by atoms with Gasteiger partial charge in [0.2, 0.25) is 15.9 Å². The zero-order chi connectivity index (χ0) is 20.1. The Balaban J connectivity index is 1.90. The van der Waals surface area contributed by atoms with Gasteiger partial charge in [-0.05, 0) is 30.3 Å². The van der Waals surface area contributed by atoms with Crippen molar-refractivity contribution in [2.75, 3.05) is 32.8 Å². The van der Waals surface area contributed by atoms with Crippen molar-refractivity contribution in [2.45, 2.75) is 11.4 Å². The first-order chi connectivity index (χ1) is 13.4. The van der Waals surface area contributed by atoms with Gasteiger partial charge in [-0.1, -0.05) is 29.8 Å². The first-order valence-corrected chi connectivity index (χ1v) is 10.5. The van der Waals surface area contributed by atoms with Gasteiger partial charge in [-0.3, -0.25) is 4.79 Å². The maximum atomic E-state index is 14.1. The second kappa shape index (κ2) is 9.00. The maximum absolute atomic E-state index is 14.1. The molecule has 28 heavy (non-hydrogen) atoms. The lowest BCUT2D eigenvalue weighted by molar-refractivity contribution is -0.135. The molecule has 2 aromatic carbocycles. The molecule has 0 bridgehead atoms. The van der Waals surface area contributed by atoms with Crippen LogP contribution in [0.5, 0.6) is 0 Å². The van der Waals surface area contributed by atoms with Gasteiger partial charge < -0.3 is 9.64 Å². The SMILES string of the molecule is O=C(CN(Cc1ccccc1F)S(=O)(=O)c1ccc(Cl)cc1)N1CCOCC1. The normalized spacial score (nSPS) is 15.0. The summed E-state index contributed by atoms with van der Waals surface area (Å²) in [5.41, 5.74) is 0.190. The van der Waals surface area contributed by atoms with E-state index >= 15 is 0 Å². The average Bonchev–Trinajstić information content (AvgIpc) is 2.70. The molecule has 0 aliphatic carbocycles. The Kier molecular flexibility index (Phi) is 6.66. The largest absolute Gasteiger partial charge is 0.378 e. The van der Waals surface area contributed by atoms with E-state index in [4.69, 9.17) is 16.3 Å². The maximum Gasteiger partial charge on any atom is 0.243 e. The predicted molar refractivity (Wildman–Crippen MR) is 103 cm³/mol. The van der Waals surface area contributed by atoms with Crippen molar-refractivity contribution in [3.8, 4) is 0 Å². The summed E-state index contributed by atoms with van der Waals surface area (Å²) in [5.74, 6) is -0.880. The van der Waals surface area contributed by atoms with Crippen LogP contribution in [0.3, 0.4) is 0 Å². The van der Waals surface area contributed by atoms with Gasteiger partial charge in [0, 0.05) is 30.2 Å². The Morgan fingerprint density at radius 2 is 1.75 bits per heavy atom. The van der Waals surface area contributed by atoms with Crippen molar-refractivity contribution in [1.29, 1.82) is 0 Å². The van der Waals surface area contributed by atoms with Gasteiger partial charge in [0.25, 0.3) is 0 Å². The number of morpholine rings is 1. The highest BCUT2D eigenvalue weighted by Crippen LogP contribution is 2.22. The summed E-state index contributed by atoms with van der Waals surface area (Å²) < 4.78 is 46.6. The Hall–Kier alpha value is -2.00. The van der Waals surface area contributed by atoms with Gasteiger partial charge in [0.1, 0.15) is 5.82 Å². The first kappa shape index (κ1) is 20.7. The van der Waals surface area contributed by atoms with Crippen molar-refractivity contribution in [3.05, 3.63) is 64.9 Å². The predicted octanol–water partition coefficient (Wildman–Crippen LogP) is 2.53. The number of amides is 1. The number of benzene rings is 2. The lowest BCUT2D eigenvalue weighted by atomic mass is 10.2. The molecule has 0 aromatic heterocycles. The Labute approximate surface area is 168 Å². The molecule has 1 fully saturated rings. The number of carbonyl (C=O) groups excluding carboxylic acids is 1. The van der Waals surface area contributed by atoms with Crippen LogP contribution in [0.1, 0.15) is 5.56 Å². The van der Waals surface area contributed by atoms with E-state index in [0.717, 1.165) is 4.31 Å². The summed E-state index contributed by atoms with van der Waals surface area (Å²) in [6, 6.07) is 11.5. The molecule has 9 heteroatoms. The number of rotatable bonds is 6. The van der Waals surface area contributed by atoms with Gasteiger partial charge in [-0.15, -0.1) is 0 Å². The molecule has 0 atom stereocenters. The van der Waals surface area contributed by atoms with Gasteiger partial charge in [-0.25, -0.2) is 12.8 Å². The van der Waals surface area contributed by atoms with Crippen LogP contribution >= 0.6 is 11.6 Å². The molecule has 3 rings (SSSR count). The summed E-state index contributed by atoms with van der Waals surface area (Å²) in [7, 11) is -4.04. The number of nitrogens with zero attached hydrogens (tertiary/aromatic N) is 2. The van der Waals surface area contributed by atoms with Gasteiger partial charge in [-0.2, -0.15) is 4.31 Å². The first-order valence-electron chi connectivity index (χ1n) is 8.72. The van der Waals surface area contributed by atoms with Crippen LogP contribution in [0.15, 0.2) is 53.4 Å². The molecular weight excluding hydrogens is 407 g/mol. The van der Waals surface area contributed by atoms with Crippen molar-refractivity contribution in [2.24, 2.45) is 0 Å². The smallest absolute Gasteiger partial charge is 0.243 e. The van der Waals surface area contributed by atoms with E-state index in [-0.39, 0.29) is 29.5 Å². The molecule has 0 radical (unpaired) electrons. The molecule has 2 aromatic rings. The van der Waals surface area contributed by atoms with Crippen molar-refractivity contribution < 1.29 is 22.3 Å². The molecule has 0 unspecified atom stereocenters. The number of carbonyl (C=O) groups is 1. The van der Waals surface area contributed by atoms with E-state index < -0.39 is 15.8 Å². The Morgan fingerprint density at radius 3 is 2.39 bits per heavy atom. The van der Waals surface area contributed by atoms with E-state index in [1.54, 1.807) is 11.0 Å². The van der Waals surface area contributed by atoms with Crippen LogP contribution in [-0.2, 0) is 26.1 Å². The third-order valence-electron chi connectivity index (χ3n) is 4.43. The molecule has 1 aliphatic rings. The van der Waals surface area contributed by atoms with Crippen LogP contribution in [0.25, 0.3) is 0 Å². The fourth-order valence-electron chi connectivity index (χ4n) is 2.86. The molecular formula is C19H20ClFN2O4S. The van der Waals surface area contributed by atoms with Gasteiger partial charge in [0.05, 0.1) is 24.7 Å². The number of ether oxygens (including phenoxy) is 1. The van der Waals surface area contributed by atoms with Gasteiger partial charge in [0.15, 0.2) is 0 Å². The average molecular weight is 427 g/mol. The van der Waals surface area contributed by atoms with E-state index in [1.165, 1.54) is 42.5 Å². The van der Waals surface area contributed by atoms with E-state index in [1.807, 2.05) is 0 Å². The van der Waals surface area contributed by atoms with Crippen LogP contribution in [0.2, 0.25) is 5.02 Å². The Bertz CT molecular complexity index is 931. The minimum atomic E-state index is -4.04. The third-order valence-corrected chi connectivity index (χ3v) is 6.49. The minimum absolute atomic E-state index is 0.0111. The molecule has 0 N–H and O–H groups in total. The van der Waals surface area contributed by atoms with Crippen LogP contribution in [0.4, 0.5) is 4.39 Å². The zero-order valence-electron chi connectivity index (χ0n) is 15.1. The van der Waals surface area contributed by atoms with E-state index in [2.05, 4.69) is 0 Å². The highest BCUT2D eigenvalue weighted by Gasteiger charge is 2.30. The fourth-order valence-corrected chi connectivity index (χ4v) is 4.36. The molecule has 1 saturated heterocycles. The van der Waals surface area contributed by atoms with E-state index in [0.29, 0.717) is 31.3 Å². The summed E-state index contributed by atoms with van der Waals surface area (Å²) in [5, 5.41) is 0.393. The Morgan fingerprint density at radius 1 is 1.11 bits per heavy atom. The lowest BCUT2D eigenvalue weighted by Gasteiger charge is -2.29. The number of sulfonamides is 1. The molecule has 6 nitrogen and oxygen atoms in total.